The van der Waals surface area contributed by atoms with Crippen LogP contribution in [0.1, 0.15) is 11.5 Å². The summed E-state index contributed by atoms with van der Waals surface area (Å²) in [5.74, 6) is 1.06. The molecule has 0 amide bonds. The van der Waals surface area contributed by atoms with Crippen LogP contribution in [0.25, 0.3) is 0 Å². The molecule has 1 aromatic heterocycles. The zero-order chi connectivity index (χ0) is 13.4. The molecule has 1 aromatic carbocycles. The highest BCUT2D eigenvalue weighted by Gasteiger charge is 2.25. The first-order valence-corrected chi connectivity index (χ1v) is 7.38. The third kappa shape index (κ3) is 2.34. The van der Waals surface area contributed by atoms with Gasteiger partial charge in [0.25, 0.3) is 5.56 Å². The van der Waals surface area contributed by atoms with Crippen molar-refractivity contribution >= 4 is 31.9 Å². The van der Waals surface area contributed by atoms with E-state index in [0.717, 1.165) is 11.3 Å². The molecule has 1 aliphatic rings. The summed E-state index contributed by atoms with van der Waals surface area (Å²) < 4.78 is 8.24. The molecule has 0 N–H and O–H groups in total. The monoisotopic (exact) mass is 384 g/mol. The van der Waals surface area contributed by atoms with Gasteiger partial charge in [-0.3, -0.25) is 4.79 Å². The lowest BCUT2D eigenvalue weighted by molar-refractivity contribution is 0.312. The van der Waals surface area contributed by atoms with Crippen LogP contribution < -0.4 is 10.3 Å². The first kappa shape index (κ1) is 12.9. The molecule has 0 spiro atoms. The molecule has 0 fully saturated rings. The molecule has 0 bridgehead atoms. The van der Waals surface area contributed by atoms with Gasteiger partial charge in [0.2, 0.25) is 0 Å². The van der Waals surface area contributed by atoms with E-state index in [-0.39, 0.29) is 11.5 Å². The van der Waals surface area contributed by atoms with Crippen LogP contribution in [-0.4, -0.2) is 16.4 Å². The Balaban J connectivity index is 1.92. The molecule has 0 radical (unpaired) electrons. The van der Waals surface area contributed by atoms with E-state index in [2.05, 4.69) is 37.0 Å². The highest BCUT2D eigenvalue weighted by Crippen LogP contribution is 2.34. The topological polar surface area (TPSA) is 44.1 Å². The van der Waals surface area contributed by atoms with E-state index in [1.807, 2.05) is 24.3 Å². The Morgan fingerprint density at radius 3 is 3.00 bits per heavy atom. The van der Waals surface area contributed by atoms with Gasteiger partial charge in [-0.05, 0) is 37.9 Å². The van der Waals surface area contributed by atoms with E-state index in [4.69, 9.17) is 4.74 Å². The summed E-state index contributed by atoms with van der Waals surface area (Å²) >= 11 is 6.53. The molecule has 19 heavy (non-hydrogen) atoms. The van der Waals surface area contributed by atoms with Gasteiger partial charge < -0.3 is 4.74 Å². The van der Waals surface area contributed by atoms with Crippen molar-refractivity contribution < 1.29 is 4.74 Å². The summed E-state index contributed by atoms with van der Waals surface area (Å²) in [5, 5.41) is 4.15. The quantitative estimate of drug-likeness (QED) is 0.798. The van der Waals surface area contributed by atoms with E-state index >= 15 is 0 Å². The molecular formula is C13H10Br2N2O2. The third-order valence-electron chi connectivity index (χ3n) is 3.13. The van der Waals surface area contributed by atoms with Crippen LogP contribution in [-0.2, 0) is 6.54 Å². The van der Waals surface area contributed by atoms with Crippen molar-refractivity contribution in [2.24, 2.45) is 0 Å². The standard InChI is InChI=1S/C13H10Br2N2O2/c14-10-5-16-17(13(18)12(10)15)6-8-7-19-11-4-2-1-3-9(8)11/h1-5,8H,6-7H2. The molecule has 2 heterocycles. The summed E-state index contributed by atoms with van der Waals surface area (Å²) in [5.41, 5.74) is 0.994. The average Bonchev–Trinajstić information content (AvgIpc) is 2.83. The number of benzene rings is 1. The van der Waals surface area contributed by atoms with E-state index in [0.29, 0.717) is 22.1 Å². The maximum atomic E-state index is 12.1. The highest BCUT2D eigenvalue weighted by molar-refractivity contribution is 9.13. The normalized spacial score (nSPS) is 17.1. The minimum Gasteiger partial charge on any atom is -0.493 e. The zero-order valence-electron chi connectivity index (χ0n) is 9.85. The van der Waals surface area contributed by atoms with E-state index in [1.165, 1.54) is 4.68 Å². The number of hydrogen-bond acceptors (Lipinski definition) is 3. The Morgan fingerprint density at radius 2 is 2.16 bits per heavy atom. The third-order valence-corrected chi connectivity index (χ3v) is 5.03. The second-order valence-electron chi connectivity index (χ2n) is 4.34. The summed E-state index contributed by atoms with van der Waals surface area (Å²) in [7, 11) is 0. The van der Waals surface area contributed by atoms with Crippen molar-refractivity contribution in [1.29, 1.82) is 0 Å². The van der Waals surface area contributed by atoms with E-state index in [9.17, 15) is 4.79 Å². The van der Waals surface area contributed by atoms with Crippen LogP contribution in [0, 0.1) is 0 Å². The second kappa shape index (κ2) is 5.09. The van der Waals surface area contributed by atoms with Gasteiger partial charge in [-0.1, -0.05) is 18.2 Å². The van der Waals surface area contributed by atoms with Crippen LogP contribution >= 0.6 is 31.9 Å². The van der Waals surface area contributed by atoms with Crippen molar-refractivity contribution in [2.75, 3.05) is 6.61 Å². The van der Waals surface area contributed by atoms with Crippen LogP contribution in [0.5, 0.6) is 5.75 Å². The summed E-state index contributed by atoms with van der Waals surface area (Å²) in [4.78, 5) is 12.1. The maximum absolute atomic E-state index is 12.1. The molecule has 1 aliphatic heterocycles. The van der Waals surface area contributed by atoms with Crippen molar-refractivity contribution in [3.8, 4) is 5.75 Å². The molecular weight excluding hydrogens is 376 g/mol. The number of halogens is 2. The van der Waals surface area contributed by atoms with Gasteiger partial charge in [0.05, 0.1) is 23.8 Å². The molecule has 0 saturated heterocycles. The first-order chi connectivity index (χ1) is 9.16. The van der Waals surface area contributed by atoms with Crippen molar-refractivity contribution in [2.45, 2.75) is 12.5 Å². The minimum absolute atomic E-state index is 0.140. The first-order valence-electron chi connectivity index (χ1n) is 5.79. The molecule has 3 rings (SSSR count). The number of aromatic nitrogens is 2. The van der Waals surface area contributed by atoms with Gasteiger partial charge in [0, 0.05) is 11.5 Å². The summed E-state index contributed by atoms with van der Waals surface area (Å²) in [6.07, 6.45) is 1.62. The number of ether oxygens (including phenoxy) is 1. The molecule has 4 nitrogen and oxygen atoms in total. The smallest absolute Gasteiger partial charge is 0.282 e. The predicted octanol–water partition coefficient (Wildman–Crippen LogP) is 2.94. The molecule has 98 valence electrons. The molecule has 6 heteroatoms. The molecule has 0 saturated carbocycles. The van der Waals surface area contributed by atoms with Crippen LogP contribution in [0.15, 0.2) is 44.2 Å². The number of para-hydroxylation sites is 1. The van der Waals surface area contributed by atoms with Gasteiger partial charge >= 0.3 is 0 Å². The van der Waals surface area contributed by atoms with Gasteiger partial charge in [-0.15, -0.1) is 0 Å². The molecule has 2 aromatic rings. The zero-order valence-corrected chi connectivity index (χ0v) is 13.0. The van der Waals surface area contributed by atoms with Crippen molar-refractivity contribution in [1.82, 2.24) is 9.78 Å². The SMILES string of the molecule is O=c1c(Br)c(Br)cnn1CC1COc2ccccc21. The number of rotatable bonds is 2. The Kier molecular flexibility index (Phi) is 3.45. The van der Waals surface area contributed by atoms with E-state index in [1.54, 1.807) is 6.20 Å². The molecule has 1 atom stereocenters. The highest BCUT2D eigenvalue weighted by atomic mass is 79.9. The second-order valence-corrected chi connectivity index (χ2v) is 5.99. The van der Waals surface area contributed by atoms with E-state index < -0.39 is 0 Å². The lowest BCUT2D eigenvalue weighted by Crippen LogP contribution is -2.26. The predicted molar refractivity (Wildman–Crippen MR) is 78.6 cm³/mol. The van der Waals surface area contributed by atoms with Crippen LogP contribution in [0.4, 0.5) is 0 Å². The van der Waals surface area contributed by atoms with Crippen LogP contribution in [0.2, 0.25) is 0 Å². The van der Waals surface area contributed by atoms with Crippen molar-refractivity contribution in [3.63, 3.8) is 0 Å². The van der Waals surface area contributed by atoms with Gasteiger partial charge in [-0.25, -0.2) is 4.68 Å². The molecule has 0 aliphatic carbocycles. The Morgan fingerprint density at radius 1 is 1.37 bits per heavy atom. The number of fused-ring (bicyclic) bond motifs is 1. The van der Waals surface area contributed by atoms with Gasteiger partial charge in [0.1, 0.15) is 10.2 Å². The maximum Gasteiger partial charge on any atom is 0.282 e. The minimum atomic E-state index is -0.140. The Labute approximate surface area is 126 Å². The number of hydrogen-bond donors (Lipinski definition) is 0. The largest absolute Gasteiger partial charge is 0.493 e. The lowest BCUT2D eigenvalue weighted by Gasteiger charge is -2.10. The fourth-order valence-corrected chi connectivity index (χ4v) is 2.73. The fraction of sp³-hybridized carbons (Fsp3) is 0.231. The van der Waals surface area contributed by atoms with Crippen molar-refractivity contribution in [3.05, 3.63) is 55.3 Å². The Bertz CT molecular complexity index is 685. The lowest BCUT2D eigenvalue weighted by atomic mass is 10.0. The summed E-state index contributed by atoms with van der Waals surface area (Å²) in [6, 6.07) is 7.91. The van der Waals surface area contributed by atoms with Crippen LogP contribution in [0.3, 0.4) is 0 Å². The molecule has 1 unspecified atom stereocenters. The summed E-state index contributed by atoms with van der Waals surface area (Å²) in [6.45, 7) is 1.10. The van der Waals surface area contributed by atoms with Gasteiger partial charge in [0.15, 0.2) is 0 Å². The fourth-order valence-electron chi connectivity index (χ4n) is 2.16. The number of nitrogens with zero attached hydrogens (tertiary/aromatic N) is 2. The average molecular weight is 386 g/mol. The Hall–Kier alpha value is -1.14. The van der Waals surface area contributed by atoms with Gasteiger partial charge in [-0.2, -0.15) is 5.10 Å².